The fourth-order valence-electron chi connectivity index (χ4n) is 0.177. The fourth-order valence-corrected chi connectivity index (χ4v) is 0.177. The molecule has 2 heteroatoms. The molecule has 0 bridgehead atoms. The third-order valence-corrected chi connectivity index (χ3v) is 0.458. The molecular formula is C5H8N2+2. The normalized spacial score (nSPS) is 4.86. The van der Waals surface area contributed by atoms with E-state index in [9.17, 15) is 0 Å². The minimum absolute atomic E-state index is 0.465. The van der Waals surface area contributed by atoms with Crippen LogP contribution in [0.25, 0.3) is 9.69 Å². The number of rotatable bonds is 0. The summed E-state index contributed by atoms with van der Waals surface area (Å²) in [6.45, 7) is 3.95. The van der Waals surface area contributed by atoms with Crippen LogP contribution in [-0.4, -0.2) is 6.67 Å². The largest absolute Gasteiger partial charge is 0.551 e. The third-order valence-electron chi connectivity index (χ3n) is 0.458. The molecule has 0 aliphatic heterocycles. The maximum Gasteiger partial charge on any atom is 0.551 e. The van der Waals surface area contributed by atoms with Gasteiger partial charge in [-0.15, -0.1) is 0 Å². The van der Waals surface area contributed by atoms with Crippen LogP contribution >= 0.6 is 0 Å². The molecule has 0 radical (unpaired) electrons. The molecule has 0 N–H and O–H groups in total. The number of nitrogens with zero attached hydrogens (tertiary/aromatic N) is 2. The standard InChI is InChI=1S/C5H8N2/c1-3-6-5-7-4-2/h5H2,1-2H3/q+2. The fraction of sp³-hybridized carbons (Fsp3) is 0.600. The summed E-state index contributed by atoms with van der Waals surface area (Å²) in [5.74, 6) is 0. The summed E-state index contributed by atoms with van der Waals surface area (Å²) in [4.78, 5) is 7.36. The van der Waals surface area contributed by atoms with Gasteiger partial charge in [0.2, 0.25) is 0 Å². The first-order valence-electron chi connectivity index (χ1n) is 2.08. The van der Waals surface area contributed by atoms with Crippen LogP contribution in [0.5, 0.6) is 0 Å². The Labute approximate surface area is 43.4 Å². The highest BCUT2D eigenvalue weighted by molar-refractivity contribution is 4.88. The summed E-state index contributed by atoms with van der Waals surface area (Å²) in [6.07, 6.45) is 0. The van der Waals surface area contributed by atoms with Gasteiger partial charge in [0.25, 0.3) is 12.1 Å². The molecule has 0 aromatic heterocycles. The second-order valence-electron chi connectivity index (χ2n) is 0.905. The van der Waals surface area contributed by atoms with E-state index in [0.717, 1.165) is 0 Å². The van der Waals surface area contributed by atoms with Crippen molar-refractivity contribution in [2.45, 2.75) is 13.8 Å². The van der Waals surface area contributed by atoms with E-state index in [-0.39, 0.29) is 0 Å². The minimum Gasteiger partial charge on any atom is 0.00901 e. The summed E-state index contributed by atoms with van der Waals surface area (Å²) in [6, 6.07) is 5.19. The average molecular weight is 96.1 g/mol. The first kappa shape index (κ1) is 5.98. The zero-order valence-electron chi connectivity index (χ0n) is 4.60. The molecule has 0 saturated carbocycles. The van der Waals surface area contributed by atoms with E-state index < -0.39 is 0 Å². The van der Waals surface area contributed by atoms with Gasteiger partial charge in [0.1, 0.15) is 0 Å². The van der Waals surface area contributed by atoms with Gasteiger partial charge in [0.05, 0.1) is 13.8 Å². The topological polar surface area (TPSA) is 8.72 Å². The highest BCUT2D eigenvalue weighted by Crippen LogP contribution is 1.68. The molecule has 0 aromatic carbocycles. The van der Waals surface area contributed by atoms with Crippen molar-refractivity contribution in [3.05, 3.63) is 9.69 Å². The first-order chi connectivity index (χ1) is 3.41. The van der Waals surface area contributed by atoms with Crippen LogP contribution in [0.15, 0.2) is 0 Å². The minimum atomic E-state index is 0.465. The Morgan fingerprint density at radius 1 is 1.14 bits per heavy atom. The Morgan fingerprint density at radius 3 is 1.86 bits per heavy atom. The molecule has 0 aliphatic rings. The maximum absolute atomic E-state index is 3.68. The van der Waals surface area contributed by atoms with Crippen LogP contribution in [0.2, 0.25) is 0 Å². The molecular weight excluding hydrogens is 88.1 g/mol. The predicted octanol–water partition coefficient (Wildman–Crippen LogP) is 1.65. The zero-order valence-corrected chi connectivity index (χ0v) is 4.60. The lowest BCUT2D eigenvalue weighted by Gasteiger charge is -1.37. The van der Waals surface area contributed by atoms with Crippen molar-refractivity contribution in [2.75, 3.05) is 6.67 Å². The quantitative estimate of drug-likeness (QED) is 0.433. The maximum atomic E-state index is 3.68. The molecule has 0 spiro atoms. The van der Waals surface area contributed by atoms with Crippen molar-refractivity contribution in [1.82, 2.24) is 0 Å². The molecule has 0 aliphatic carbocycles. The van der Waals surface area contributed by atoms with Crippen LogP contribution in [0.4, 0.5) is 0 Å². The lowest BCUT2D eigenvalue weighted by Crippen LogP contribution is -1.55. The van der Waals surface area contributed by atoms with Gasteiger partial charge >= 0.3 is 6.67 Å². The van der Waals surface area contributed by atoms with Crippen LogP contribution in [0.1, 0.15) is 13.8 Å². The van der Waals surface area contributed by atoms with Gasteiger partial charge in [0.15, 0.2) is 0 Å². The van der Waals surface area contributed by atoms with E-state index in [1.165, 1.54) is 0 Å². The van der Waals surface area contributed by atoms with Crippen LogP contribution < -0.4 is 0 Å². The molecule has 36 valence electrons. The van der Waals surface area contributed by atoms with Gasteiger partial charge in [-0.2, -0.15) is 0 Å². The molecule has 2 nitrogen and oxygen atoms in total. The molecule has 0 heterocycles. The monoisotopic (exact) mass is 96.1 g/mol. The van der Waals surface area contributed by atoms with Crippen molar-refractivity contribution < 1.29 is 0 Å². The molecule has 0 unspecified atom stereocenters. The molecule has 0 fully saturated rings. The number of hydrogen-bond donors (Lipinski definition) is 0. The van der Waals surface area contributed by atoms with Crippen molar-refractivity contribution in [1.29, 1.82) is 0 Å². The third kappa shape index (κ3) is 4.98. The lowest BCUT2D eigenvalue weighted by atomic mass is 10.9. The van der Waals surface area contributed by atoms with Crippen molar-refractivity contribution >= 4 is 0 Å². The zero-order chi connectivity index (χ0) is 5.54. The van der Waals surface area contributed by atoms with Gasteiger partial charge in [-0.3, -0.25) is 0 Å². The molecule has 7 heavy (non-hydrogen) atoms. The SMILES string of the molecule is CC#[N+]C[N+]#CC. The molecule has 0 atom stereocenters. The van der Waals surface area contributed by atoms with Crippen LogP contribution in [0.3, 0.4) is 0 Å². The van der Waals surface area contributed by atoms with E-state index in [1.54, 1.807) is 13.8 Å². The Balaban J connectivity index is 3.21. The molecule has 0 rings (SSSR count). The van der Waals surface area contributed by atoms with Crippen LogP contribution in [-0.2, 0) is 0 Å². The van der Waals surface area contributed by atoms with E-state index in [1.807, 2.05) is 0 Å². The van der Waals surface area contributed by atoms with Crippen molar-refractivity contribution in [3.8, 4) is 12.1 Å². The molecule has 0 amide bonds. The molecule has 0 aromatic rings. The van der Waals surface area contributed by atoms with Crippen molar-refractivity contribution in [2.24, 2.45) is 0 Å². The highest BCUT2D eigenvalue weighted by atomic mass is 14.8. The van der Waals surface area contributed by atoms with E-state index in [0.29, 0.717) is 6.67 Å². The van der Waals surface area contributed by atoms with Gasteiger partial charge in [-0.05, 0) is 0 Å². The summed E-state index contributed by atoms with van der Waals surface area (Å²) >= 11 is 0. The highest BCUT2D eigenvalue weighted by Gasteiger charge is 1.86. The van der Waals surface area contributed by atoms with Gasteiger partial charge < -0.3 is 0 Å². The predicted molar refractivity (Wildman–Crippen MR) is 30.7 cm³/mol. The Kier molecular flexibility index (Phi) is 4.25. The Hall–Kier alpha value is -1.02. The smallest absolute Gasteiger partial charge is 0.00901 e. The first-order valence-corrected chi connectivity index (χ1v) is 2.08. The van der Waals surface area contributed by atoms with E-state index in [4.69, 9.17) is 0 Å². The number of hydrogen-bond acceptors (Lipinski definition) is 0. The summed E-state index contributed by atoms with van der Waals surface area (Å²) in [7, 11) is 0. The summed E-state index contributed by atoms with van der Waals surface area (Å²) < 4.78 is 0. The second kappa shape index (κ2) is 4.98. The summed E-state index contributed by atoms with van der Waals surface area (Å²) in [5.41, 5.74) is 0. The van der Waals surface area contributed by atoms with Gasteiger partial charge in [0, 0.05) is 9.69 Å². The lowest BCUT2D eigenvalue weighted by molar-refractivity contribution is 1.51. The second-order valence-corrected chi connectivity index (χ2v) is 0.905. The Bertz CT molecular complexity index is 121. The average Bonchev–Trinajstić information content (AvgIpc) is 1.69. The summed E-state index contributed by atoms with van der Waals surface area (Å²) in [5, 5.41) is 0. The molecule has 0 saturated heterocycles. The van der Waals surface area contributed by atoms with Gasteiger partial charge in [-0.25, -0.2) is 0 Å². The Morgan fingerprint density at radius 2 is 1.57 bits per heavy atom. The van der Waals surface area contributed by atoms with Crippen LogP contribution in [0, 0.1) is 12.1 Å². The van der Waals surface area contributed by atoms with Gasteiger partial charge in [-0.1, -0.05) is 0 Å². The van der Waals surface area contributed by atoms with E-state index in [2.05, 4.69) is 21.8 Å². The van der Waals surface area contributed by atoms with Crippen molar-refractivity contribution in [3.63, 3.8) is 0 Å². The van der Waals surface area contributed by atoms with E-state index >= 15 is 0 Å².